The molecule has 4 heteroatoms. The van der Waals surface area contributed by atoms with Crippen LogP contribution in [-0.4, -0.2) is 18.6 Å². The highest BCUT2D eigenvalue weighted by Crippen LogP contribution is 2.39. The lowest BCUT2D eigenvalue weighted by molar-refractivity contribution is 0.400. The van der Waals surface area contributed by atoms with Gasteiger partial charge in [0.2, 0.25) is 0 Å². The topological polar surface area (TPSA) is 37.0 Å². The Balaban J connectivity index is 1.88. The molecule has 0 fully saturated rings. The summed E-state index contributed by atoms with van der Waals surface area (Å²) in [5, 5.41) is 5.03. The summed E-state index contributed by atoms with van der Waals surface area (Å²) >= 11 is 3.62. The number of H-pyrrole nitrogens is 1. The van der Waals surface area contributed by atoms with Crippen LogP contribution in [0.4, 0.5) is 0 Å². The van der Waals surface area contributed by atoms with Crippen LogP contribution in [0.25, 0.3) is 10.9 Å². The van der Waals surface area contributed by atoms with E-state index < -0.39 is 0 Å². The van der Waals surface area contributed by atoms with Gasteiger partial charge in [0.15, 0.2) is 0 Å². The molecular formula is C23H27BrN2O. The van der Waals surface area contributed by atoms with Crippen molar-refractivity contribution in [1.82, 2.24) is 10.3 Å². The van der Waals surface area contributed by atoms with Crippen molar-refractivity contribution in [2.75, 3.05) is 13.7 Å². The second-order valence-electron chi connectivity index (χ2n) is 8.04. The first-order valence-corrected chi connectivity index (χ1v) is 10.5. The smallest absolute Gasteiger partial charge is 0.124 e. The third-order valence-corrected chi connectivity index (χ3v) is 6.61. The van der Waals surface area contributed by atoms with Crippen LogP contribution in [0.3, 0.4) is 0 Å². The zero-order valence-electron chi connectivity index (χ0n) is 16.4. The summed E-state index contributed by atoms with van der Waals surface area (Å²) in [6, 6.07) is 13.2. The molecule has 1 atom stereocenters. The lowest BCUT2D eigenvalue weighted by Crippen LogP contribution is -2.31. The van der Waals surface area contributed by atoms with Gasteiger partial charge in [0.1, 0.15) is 5.75 Å². The molecular weight excluding hydrogens is 400 g/mol. The molecule has 3 aromatic rings. The number of rotatable bonds is 4. The van der Waals surface area contributed by atoms with Crippen molar-refractivity contribution >= 4 is 26.8 Å². The predicted molar refractivity (Wildman–Crippen MR) is 116 cm³/mol. The molecule has 0 bridgehead atoms. The van der Waals surface area contributed by atoms with Gasteiger partial charge in [-0.1, -0.05) is 42.8 Å². The van der Waals surface area contributed by atoms with Crippen LogP contribution in [0, 0.1) is 0 Å². The fourth-order valence-corrected chi connectivity index (χ4v) is 4.41. The van der Waals surface area contributed by atoms with Gasteiger partial charge < -0.3 is 15.0 Å². The second-order valence-corrected chi connectivity index (χ2v) is 8.95. The van der Waals surface area contributed by atoms with Crippen molar-refractivity contribution in [3.8, 4) is 5.75 Å². The minimum absolute atomic E-state index is 0.113. The van der Waals surface area contributed by atoms with Crippen molar-refractivity contribution in [1.29, 1.82) is 0 Å². The van der Waals surface area contributed by atoms with Gasteiger partial charge in [0.25, 0.3) is 0 Å². The van der Waals surface area contributed by atoms with Crippen LogP contribution < -0.4 is 10.1 Å². The van der Waals surface area contributed by atoms with E-state index >= 15 is 0 Å². The summed E-state index contributed by atoms with van der Waals surface area (Å²) in [5.41, 5.74) is 6.58. The highest BCUT2D eigenvalue weighted by atomic mass is 79.9. The lowest BCUT2D eigenvalue weighted by atomic mass is 9.80. The van der Waals surface area contributed by atoms with Gasteiger partial charge >= 0.3 is 0 Å². The first-order valence-electron chi connectivity index (χ1n) is 9.66. The van der Waals surface area contributed by atoms with Crippen LogP contribution >= 0.6 is 15.9 Å². The summed E-state index contributed by atoms with van der Waals surface area (Å²) < 4.78 is 6.87. The number of hydrogen-bond acceptors (Lipinski definition) is 2. The van der Waals surface area contributed by atoms with Gasteiger partial charge in [0, 0.05) is 33.2 Å². The third-order valence-electron chi connectivity index (χ3n) is 6.12. The number of nitrogens with one attached hydrogen (secondary N) is 2. The van der Waals surface area contributed by atoms with E-state index in [-0.39, 0.29) is 11.5 Å². The van der Waals surface area contributed by atoms with Gasteiger partial charge in [-0.15, -0.1) is 0 Å². The normalized spacial score (nSPS) is 17.1. The van der Waals surface area contributed by atoms with E-state index in [1.807, 2.05) is 0 Å². The van der Waals surface area contributed by atoms with Crippen LogP contribution in [-0.2, 0) is 11.8 Å². The van der Waals surface area contributed by atoms with E-state index in [9.17, 15) is 0 Å². The Bertz CT molecular complexity index is 989. The minimum atomic E-state index is 0.113. The monoisotopic (exact) mass is 426 g/mol. The number of methoxy groups -OCH3 is 1. The average molecular weight is 427 g/mol. The molecule has 0 radical (unpaired) electrons. The molecule has 0 saturated carbocycles. The van der Waals surface area contributed by atoms with Gasteiger partial charge in [-0.2, -0.15) is 0 Å². The Hall–Kier alpha value is -1.78. The van der Waals surface area contributed by atoms with Crippen molar-refractivity contribution in [3.05, 3.63) is 63.3 Å². The van der Waals surface area contributed by atoms with Gasteiger partial charge in [0.05, 0.1) is 13.2 Å². The molecule has 0 spiro atoms. The number of benzene rings is 2. The minimum Gasteiger partial charge on any atom is -0.496 e. The first-order chi connectivity index (χ1) is 12.9. The Kier molecular flexibility index (Phi) is 4.81. The van der Waals surface area contributed by atoms with Gasteiger partial charge in [-0.05, 0) is 59.7 Å². The molecule has 2 aromatic carbocycles. The molecule has 0 amide bonds. The van der Waals surface area contributed by atoms with Crippen molar-refractivity contribution in [2.45, 2.75) is 45.1 Å². The van der Waals surface area contributed by atoms with E-state index in [1.54, 1.807) is 7.11 Å². The number of aromatic nitrogens is 1. The molecule has 142 valence electrons. The second kappa shape index (κ2) is 6.99. The Labute approximate surface area is 169 Å². The van der Waals surface area contributed by atoms with E-state index in [0.717, 1.165) is 29.6 Å². The highest BCUT2D eigenvalue weighted by Gasteiger charge is 2.29. The van der Waals surface area contributed by atoms with Crippen molar-refractivity contribution in [2.24, 2.45) is 0 Å². The number of ether oxygens (including phenoxy) is 1. The fourth-order valence-electron chi connectivity index (χ4n) is 4.05. The fraction of sp³-hybridized carbons (Fsp3) is 0.391. The molecule has 1 aliphatic heterocycles. The summed E-state index contributed by atoms with van der Waals surface area (Å²) in [4.78, 5) is 3.68. The van der Waals surface area contributed by atoms with E-state index in [4.69, 9.17) is 4.74 Å². The van der Waals surface area contributed by atoms with E-state index in [2.05, 4.69) is 83.4 Å². The number of halogens is 1. The molecule has 0 saturated heterocycles. The summed E-state index contributed by atoms with van der Waals surface area (Å²) in [6.45, 7) is 7.82. The van der Waals surface area contributed by atoms with Crippen molar-refractivity contribution < 1.29 is 4.74 Å². The van der Waals surface area contributed by atoms with E-state index in [1.165, 1.54) is 33.3 Å². The standard InChI is InChI=1S/C23H27BrN2O/c1-5-23(2,3)14-6-9-20(27-4)18(12-14)21-22-16(10-11-25-21)17-13-15(24)7-8-19(17)26-22/h6-9,12-13,21,25-26H,5,10-11H2,1-4H3. The maximum Gasteiger partial charge on any atom is 0.124 e. The zero-order chi connectivity index (χ0) is 19.2. The molecule has 1 unspecified atom stereocenters. The maximum absolute atomic E-state index is 5.75. The molecule has 2 N–H and O–H groups in total. The molecule has 27 heavy (non-hydrogen) atoms. The Morgan fingerprint density at radius 1 is 1.19 bits per heavy atom. The van der Waals surface area contributed by atoms with Crippen LogP contribution in [0.1, 0.15) is 55.6 Å². The first kappa shape index (κ1) is 18.6. The number of aromatic amines is 1. The Morgan fingerprint density at radius 3 is 2.74 bits per heavy atom. The zero-order valence-corrected chi connectivity index (χ0v) is 18.0. The molecule has 1 aromatic heterocycles. The summed E-state index contributed by atoms with van der Waals surface area (Å²) in [5.74, 6) is 0.941. The summed E-state index contributed by atoms with van der Waals surface area (Å²) in [6.07, 6.45) is 2.13. The average Bonchev–Trinajstić information content (AvgIpc) is 3.05. The number of fused-ring (bicyclic) bond motifs is 3. The number of hydrogen-bond donors (Lipinski definition) is 2. The van der Waals surface area contributed by atoms with E-state index in [0.29, 0.717) is 0 Å². The molecule has 3 nitrogen and oxygen atoms in total. The van der Waals surface area contributed by atoms with Crippen LogP contribution in [0.15, 0.2) is 40.9 Å². The maximum atomic E-state index is 5.75. The van der Waals surface area contributed by atoms with Gasteiger partial charge in [-0.25, -0.2) is 0 Å². The third kappa shape index (κ3) is 3.19. The quantitative estimate of drug-likeness (QED) is 0.547. The van der Waals surface area contributed by atoms with Crippen LogP contribution in [0.2, 0.25) is 0 Å². The van der Waals surface area contributed by atoms with Crippen molar-refractivity contribution in [3.63, 3.8) is 0 Å². The largest absolute Gasteiger partial charge is 0.496 e. The SMILES string of the molecule is CCC(C)(C)c1ccc(OC)c(C2NCCc3c2[nH]c2ccc(Br)cc32)c1. The van der Waals surface area contributed by atoms with Crippen LogP contribution in [0.5, 0.6) is 5.75 Å². The molecule has 2 heterocycles. The lowest BCUT2D eigenvalue weighted by Gasteiger charge is -2.29. The molecule has 4 rings (SSSR count). The summed E-state index contributed by atoms with van der Waals surface area (Å²) in [7, 11) is 1.76. The molecule has 1 aliphatic rings. The highest BCUT2D eigenvalue weighted by molar-refractivity contribution is 9.10. The van der Waals surface area contributed by atoms with Gasteiger partial charge in [-0.3, -0.25) is 0 Å². The Morgan fingerprint density at radius 2 is 2.00 bits per heavy atom. The molecule has 0 aliphatic carbocycles. The predicted octanol–water partition coefficient (Wildman–Crippen LogP) is 5.86.